The molecule has 0 aliphatic heterocycles. The average Bonchev–Trinajstić information content (AvgIpc) is 2.26. The van der Waals surface area contributed by atoms with Crippen LogP contribution in [0.5, 0.6) is 0 Å². The number of carbonyl (C=O) groups is 1. The molecule has 0 aliphatic carbocycles. The Morgan fingerprint density at radius 3 is 2.37 bits per heavy atom. The third kappa shape index (κ3) is 3.44. The smallest absolute Gasteiger partial charge is 0.417 e. The molecule has 0 atom stereocenters. The number of rotatable bonds is 3. The van der Waals surface area contributed by atoms with Crippen molar-refractivity contribution in [3.8, 4) is 0 Å². The molecule has 0 bridgehead atoms. The van der Waals surface area contributed by atoms with E-state index in [1.165, 1.54) is 6.92 Å². The number of hydrogen-bond acceptors (Lipinski definition) is 4. The zero-order valence-electron chi connectivity index (χ0n) is 9.69. The van der Waals surface area contributed by atoms with Crippen LogP contribution in [0.25, 0.3) is 0 Å². The molecule has 0 saturated heterocycles. The maximum Gasteiger partial charge on any atom is 0.417 e. The Kier molecular flexibility index (Phi) is 4.21. The molecule has 0 saturated carbocycles. The third-order valence-corrected chi connectivity index (χ3v) is 3.11. The van der Waals surface area contributed by atoms with Gasteiger partial charge in [-0.1, -0.05) is 6.07 Å². The highest BCUT2D eigenvalue weighted by atomic mass is 32.2. The van der Waals surface area contributed by atoms with E-state index in [4.69, 9.17) is 5.14 Å². The molecule has 0 amide bonds. The number of alkyl halides is 3. The third-order valence-electron chi connectivity index (χ3n) is 2.10. The number of esters is 1. The zero-order valence-corrected chi connectivity index (χ0v) is 10.5. The van der Waals surface area contributed by atoms with Crippen molar-refractivity contribution in [2.75, 3.05) is 6.61 Å². The second kappa shape index (κ2) is 5.17. The van der Waals surface area contributed by atoms with Crippen LogP contribution in [-0.4, -0.2) is 21.0 Å². The standard InChI is InChI=1S/C10H10F3NO4S/c1-2-18-9(15)6-4-3-5-7(10(11,12)13)8(6)19(14,16)17/h3-5H,2H2,1H3,(H2,14,16,17). The van der Waals surface area contributed by atoms with E-state index in [0.717, 1.165) is 12.1 Å². The summed E-state index contributed by atoms with van der Waals surface area (Å²) in [5.41, 5.74) is -2.24. The predicted octanol–water partition coefficient (Wildman–Crippen LogP) is 1.53. The van der Waals surface area contributed by atoms with Gasteiger partial charge in [0.1, 0.15) is 4.90 Å². The first-order valence-corrected chi connectivity index (χ1v) is 6.53. The SMILES string of the molecule is CCOC(=O)c1cccc(C(F)(F)F)c1S(N)(=O)=O. The van der Waals surface area contributed by atoms with Crippen molar-refractivity contribution in [3.63, 3.8) is 0 Å². The molecule has 0 fully saturated rings. The molecular formula is C10H10F3NO4S. The first kappa shape index (κ1) is 15.4. The average molecular weight is 297 g/mol. The van der Waals surface area contributed by atoms with E-state index in [-0.39, 0.29) is 6.61 Å². The number of hydrogen-bond donors (Lipinski definition) is 1. The van der Waals surface area contributed by atoms with E-state index in [0.29, 0.717) is 6.07 Å². The lowest BCUT2D eigenvalue weighted by molar-refractivity contribution is -0.139. The van der Waals surface area contributed by atoms with Crippen LogP contribution in [0.1, 0.15) is 22.8 Å². The summed E-state index contributed by atoms with van der Waals surface area (Å²) in [4.78, 5) is 10.2. The predicted molar refractivity (Wildman–Crippen MR) is 58.8 cm³/mol. The van der Waals surface area contributed by atoms with Crippen LogP contribution < -0.4 is 5.14 Å². The number of halogens is 3. The van der Waals surface area contributed by atoms with Crippen LogP contribution in [0.15, 0.2) is 23.1 Å². The molecule has 0 aromatic heterocycles. The molecular weight excluding hydrogens is 287 g/mol. The van der Waals surface area contributed by atoms with Crippen molar-refractivity contribution in [3.05, 3.63) is 29.3 Å². The van der Waals surface area contributed by atoms with E-state index in [1.807, 2.05) is 0 Å². The molecule has 1 aromatic carbocycles. The summed E-state index contributed by atoms with van der Waals surface area (Å²) >= 11 is 0. The lowest BCUT2D eigenvalue weighted by atomic mass is 10.1. The van der Waals surface area contributed by atoms with E-state index in [1.54, 1.807) is 0 Å². The summed E-state index contributed by atoms with van der Waals surface area (Å²) in [6.45, 7) is 1.32. The van der Waals surface area contributed by atoms with Gasteiger partial charge in [-0.05, 0) is 19.1 Å². The van der Waals surface area contributed by atoms with Gasteiger partial charge in [0.05, 0.1) is 17.7 Å². The summed E-state index contributed by atoms with van der Waals surface area (Å²) in [6.07, 6.45) is -4.95. The van der Waals surface area contributed by atoms with Crippen LogP contribution >= 0.6 is 0 Å². The van der Waals surface area contributed by atoms with Gasteiger partial charge in [0.25, 0.3) is 0 Å². The summed E-state index contributed by atoms with van der Waals surface area (Å²) < 4.78 is 65.3. The monoisotopic (exact) mass is 297 g/mol. The summed E-state index contributed by atoms with van der Waals surface area (Å²) in [5, 5.41) is 4.75. The molecule has 106 valence electrons. The van der Waals surface area contributed by atoms with E-state index in [9.17, 15) is 26.4 Å². The van der Waals surface area contributed by atoms with Gasteiger partial charge in [0.2, 0.25) is 10.0 Å². The topological polar surface area (TPSA) is 86.5 Å². The van der Waals surface area contributed by atoms with Crippen LogP contribution in [0.4, 0.5) is 13.2 Å². The lowest BCUT2D eigenvalue weighted by Gasteiger charge is -2.14. The van der Waals surface area contributed by atoms with Gasteiger partial charge in [-0.3, -0.25) is 0 Å². The van der Waals surface area contributed by atoms with Gasteiger partial charge >= 0.3 is 12.1 Å². The maximum absolute atomic E-state index is 12.7. The Bertz CT molecular complexity index is 595. The van der Waals surface area contributed by atoms with E-state index >= 15 is 0 Å². The molecule has 0 unspecified atom stereocenters. The van der Waals surface area contributed by atoms with Crippen LogP contribution in [0, 0.1) is 0 Å². The highest BCUT2D eigenvalue weighted by Crippen LogP contribution is 2.35. The van der Waals surface area contributed by atoms with Crippen LogP contribution in [0.3, 0.4) is 0 Å². The van der Waals surface area contributed by atoms with Crippen LogP contribution in [0.2, 0.25) is 0 Å². The molecule has 0 aliphatic rings. The van der Waals surface area contributed by atoms with Gasteiger partial charge in [0.15, 0.2) is 0 Å². The summed E-state index contributed by atoms with van der Waals surface area (Å²) in [7, 11) is -4.73. The first-order valence-electron chi connectivity index (χ1n) is 4.99. The fraction of sp³-hybridized carbons (Fsp3) is 0.300. The van der Waals surface area contributed by atoms with Crippen molar-refractivity contribution < 1.29 is 31.1 Å². The second-order valence-corrected chi connectivity index (χ2v) is 4.94. The number of nitrogens with two attached hydrogens (primary N) is 1. The number of carbonyl (C=O) groups excluding carboxylic acids is 1. The normalized spacial score (nSPS) is 12.3. The van der Waals surface area contributed by atoms with Crippen molar-refractivity contribution in [1.29, 1.82) is 0 Å². The van der Waals surface area contributed by atoms with Gasteiger partial charge in [-0.2, -0.15) is 13.2 Å². The van der Waals surface area contributed by atoms with Gasteiger partial charge in [-0.15, -0.1) is 0 Å². The Hall–Kier alpha value is -1.61. The van der Waals surface area contributed by atoms with E-state index < -0.39 is 38.2 Å². The van der Waals surface area contributed by atoms with Crippen molar-refractivity contribution in [2.45, 2.75) is 18.0 Å². The molecule has 1 aromatic rings. The van der Waals surface area contributed by atoms with Crippen molar-refractivity contribution in [1.82, 2.24) is 0 Å². The van der Waals surface area contributed by atoms with Gasteiger partial charge in [0, 0.05) is 0 Å². The summed E-state index contributed by atoms with van der Waals surface area (Å²) in [6, 6.07) is 2.35. The molecule has 1 rings (SSSR count). The highest BCUT2D eigenvalue weighted by molar-refractivity contribution is 7.89. The Morgan fingerprint density at radius 2 is 1.95 bits per heavy atom. The van der Waals surface area contributed by atoms with E-state index in [2.05, 4.69) is 4.74 Å². The quantitative estimate of drug-likeness (QED) is 0.857. The molecule has 2 N–H and O–H groups in total. The Morgan fingerprint density at radius 1 is 1.37 bits per heavy atom. The number of primary sulfonamides is 1. The minimum atomic E-state index is -4.95. The zero-order chi connectivity index (χ0) is 14.8. The van der Waals surface area contributed by atoms with Gasteiger partial charge < -0.3 is 4.74 Å². The second-order valence-electron chi connectivity index (χ2n) is 3.45. The highest BCUT2D eigenvalue weighted by Gasteiger charge is 2.39. The minimum absolute atomic E-state index is 0.112. The molecule has 0 radical (unpaired) electrons. The fourth-order valence-corrected chi connectivity index (χ4v) is 2.38. The Balaban J connectivity index is 3.63. The maximum atomic E-state index is 12.7. The minimum Gasteiger partial charge on any atom is -0.462 e. The Labute approximate surface area is 107 Å². The largest absolute Gasteiger partial charge is 0.462 e. The number of ether oxygens (including phenoxy) is 1. The first-order chi connectivity index (χ1) is 8.59. The van der Waals surface area contributed by atoms with Crippen molar-refractivity contribution >= 4 is 16.0 Å². The molecule has 5 nitrogen and oxygen atoms in total. The van der Waals surface area contributed by atoms with Crippen molar-refractivity contribution in [2.24, 2.45) is 5.14 Å². The number of sulfonamides is 1. The molecule has 19 heavy (non-hydrogen) atoms. The summed E-state index contributed by atoms with van der Waals surface area (Å²) in [5.74, 6) is -1.18. The van der Waals surface area contributed by atoms with Crippen LogP contribution in [-0.2, 0) is 20.9 Å². The molecule has 0 spiro atoms. The lowest BCUT2D eigenvalue weighted by Crippen LogP contribution is -2.23. The number of benzene rings is 1. The van der Waals surface area contributed by atoms with Gasteiger partial charge in [-0.25, -0.2) is 18.4 Å². The fourth-order valence-electron chi connectivity index (χ4n) is 1.44. The molecule has 9 heteroatoms. The molecule has 0 heterocycles.